The molecule has 0 spiro atoms. The third-order valence-corrected chi connectivity index (χ3v) is 4.39. The van der Waals surface area contributed by atoms with Crippen molar-refractivity contribution in [3.05, 3.63) is 27.7 Å². The molecule has 1 N–H and O–H groups in total. The summed E-state index contributed by atoms with van der Waals surface area (Å²) in [7, 11) is 2.18. The molecule has 0 saturated carbocycles. The summed E-state index contributed by atoms with van der Waals surface area (Å²) >= 11 is 12.3. The van der Waals surface area contributed by atoms with Crippen molar-refractivity contribution in [3.8, 4) is 0 Å². The molecule has 1 aromatic rings. The van der Waals surface area contributed by atoms with Gasteiger partial charge >= 0.3 is 0 Å². The zero-order valence-corrected chi connectivity index (χ0v) is 12.5. The molecule has 1 heterocycles. The summed E-state index contributed by atoms with van der Waals surface area (Å²) in [6, 6.07) is 3.84. The predicted octanol–water partition coefficient (Wildman–Crippen LogP) is 4.06. The highest BCUT2D eigenvalue weighted by Gasteiger charge is 2.16. The first kappa shape index (κ1) is 14.0. The number of piperidine rings is 1. The van der Waals surface area contributed by atoms with Crippen molar-refractivity contribution >= 4 is 28.9 Å². The first-order valence-electron chi connectivity index (χ1n) is 6.44. The van der Waals surface area contributed by atoms with E-state index >= 15 is 0 Å². The van der Waals surface area contributed by atoms with Crippen LogP contribution < -0.4 is 5.32 Å². The molecule has 1 saturated heterocycles. The van der Waals surface area contributed by atoms with Crippen LogP contribution in [-0.2, 0) is 0 Å². The molecule has 4 heteroatoms. The second kappa shape index (κ2) is 6.14. The summed E-state index contributed by atoms with van der Waals surface area (Å²) in [4.78, 5) is 2.38. The van der Waals surface area contributed by atoms with Crippen LogP contribution in [-0.4, -0.2) is 31.6 Å². The normalized spacial score (nSPS) is 18.0. The highest BCUT2D eigenvalue weighted by atomic mass is 35.5. The molecule has 0 atom stereocenters. The van der Waals surface area contributed by atoms with Crippen molar-refractivity contribution in [2.24, 2.45) is 5.92 Å². The first-order chi connectivity index (χ1) is 8.56. The fourth-order valence-corrected chi connectivity index (χ4v) is 2.75. The molecule has 0 radical (unpaired) electrons. The molecule has 18 heavy (non-hydrogen) atoms. The Balaban J connectivity index is 1.92. The summed E-state index contributed by atoms with van der Waals surface area (Å²) in [5.74, 6) is 0.734. The Bertz CT molecular complexity index is 413. The minimum absolute atomic E-state index is 0.734. The van der Waals surface area contributed by atoms with Crippen LogP contribution in [0, 0.1) is 12.8 Å². The number of aryl methyl sites for hydroxylation is 1. The Hall–Kier alpha value is -0.440. The minimum atomic E-state index is 0.734. The van der Waals surface area contributed by atoms with Crippen molar-refractivity contribution in [1.82, 2.24) is 4.90 Å². The molecule has 0 aromatic heterocycles. The number of likely N-dealkylation sites (tertiary alicyclic amines) is 1. The maximum absolute atomic E-state index is 6.21. The van der Waals surface area contributed by atoms with Gasteiger partial charge in [-0.2, -0.15) is 0 Å². The van der Waals surface area contributed by atoms with E-state index in [1.807, 2.05) is 19.1 Å². The summed E-state index contributed by atoms with van der Waals surface area (Å²) in [6.45, 7) is 5.32. The van der Waals surface area contributed by atoms with Gasteiger partial charge in [0.05, 0.1) is 10.7 Å². The Morgan fingerprint density at radius 1 is 1.22 bits per heavy atom. The molecule has 2 nitrogen and oxygen atoms in total. The lowest BCUT2D eigenvalue weighted by atomic mass is 9.97. The van der Waals surface area contributed by atoms with E-state index in [0.29, 0.717) is 0 Å². The van der Waals surface area contributed by atoms with Gasteiger partial charge in [0.25, 0.3) is 0 Å². The average molecular weight is 287 g/mol. The standard InChI is InChI=1S/C14H20Cl2N2/c1-10-7-13(16)14(8-12(10)15)17-9-11-3-5-18(2)6-4-11/h7-8,11,17H,3-6,9H2,1-2H3. The van der Waals surface area contributed by atoms with Gasteiger partial charge in [0.1, 0.15) is 0 Å². The van der Waals surface area contributed by atoms with Crippen LogP contribution in [0.2, 0.25) is 10.0 Å². The Labute approximate surface area is 119 Å². The molecule has 1 aliphatic heterocycles. The molecule has 0 bridgehead atoms. The molecular weight excluding hydrogens is 267 g/mol. The second-order valence-electron chi connectivity index (χ2n) is 5.21. The first-order valence-corrected chi connectivity index (χ1v) is 7.20. The number of benzene rings is 1. The largest absolute Gasteiger partial charge is 0.384 e. The zero-order chi connectivity index (χ0) is 13.1. The van der Waals surface area contributed by atoms with E-state index in [-0.39, 0.29) is 0 Å². The van der Waals surface area contributed by atoms with E-state index in [1.165, 1.54) is 25.9 Å². The molecule has 0 aliphatic carbocycles. The van der Waals surface area contributed by atoms with Gasteiger partial charge in [0.15, 0.2) is 0 Å². The molecule has 0 amide bonds. The number of nitrogens with one attached hydrogen (secondary N) is 1. The monoisotopic (exact) mass is 286 g/mol. The summed E-state index contributed by atoms with van der Waals surface area (Å²) in [5.41, 5.74) is 1.97. The highest BCUT2D eigenvalue weighted by molar-refractivity contribution is 6.35. The molecule has 1 aromatic carbocycles. The third-order valence-electron chi connectivity index (χ3n) is 3.67. The van der Waals surface area contributed by atoms with Crippen molar-refractivity contribution < 1.29 is 0 Å². The molecular formula is C14H20Cl2N2. The highest BCUT2D eigenvalue weighted by Crippen LogP contribution is 2.29. The van der Waals surface area contributed by atoms with Crippen LogP contribution in [0.3, 0.4) is 0 Å². The van der Waals surface area contributed by atoms with Crippen LogP contribution in [0.4, 0.5) is 5.69 Å². The van der Waals surface area contributed by atoms with E-state index in [4.69, 9.17) is 23.2 Å². The molecule has 2 rings (SSSR count). The van der Waals surface area contributed by atoms with E-state index in [1.54, 1.807) is 0 Å². The van der Waals surface area contributed by atoms with Gasteiger partial charge < -0.3 is 10.2 Å². The predicted molar refractivity (Wildman–Crippen MR) is 79.9 cm³/mol. The fourth-order valence-electron chi connectivity index (χ4n) is 2.30. The Morgan fingerprint density at radius 2 is 1.89 bits per heavy atom. The maximum Gasteiger partial charge on any atom is 0.0641 e. The van der Waals surface area contributed by atoms with Crippen LogP contribution in [0.1, 0.15) is 18.4 Å². The smallest absolute Gasteiger partial charge is 0.0641 e. The number of anilines is 1. The lowest BCUT2D eigenvalue weighted by molar-refractivity contribution is 0.226. The van der Waals surface area contributed by atoms with E-state index < -0.39 is 0 Å². The Morgan fingerprint density at radius 3 is 2.56 bits per heavy atom. The van der Waals surface area contributed by atoms with Crippen molar-refractivity contribution in [2.75, 3.05) is 32.0 Å². The maximum atomic E-state index is 6.21. The van der Waals surface area contributed by atoms with Gasteiger partial charge in [-0.15, -0.1) is 0 Å². The van der Waals surface area contributed by atoms with Crippen LogP contribution in [0.5, 0.6) is 0 Å². The van der Waals surface area contributed by atoms with E-state index in [9.17, 15) is 0 Å². The zero-order valence-electron chi connectivity index (χ0n) is 11.0. The SMILES string of the molecule is Cc1cc(Cl)c(NCC2CCN(C)CC2)cc1Cl. The summed E-state index contributed by atoms with van der Waals surface area (Å²) in [6.07, 6.45) is 2.50. The van der Waals surface area contributed by atoms with Gasteiger partial charge in [-0.25, -0.2) is 0 Å². The van der Waals surface area contributed by atoms with E-state index in [2.05, 4.69) is 17.3 Å². The van der Waals surface area contributed by atoms with Gasteiger partial charge in [-0.05, 0) is 63.5 Å². The van der Waals surface area contributed by atoms with Crippen LogP contribution >= 0.6 is 23.2 Å². The Kier molecular flexibility index (Phi) is 4.77. The average Bonchev–Trinajstić information content (AvgIpc) is 2.34. The van der Waals surface area contributed by atoms with Crippen LogP contribution in [0.15, 0.2) is 12.1 Å². The van der Waals surface area contributed by atoms with Gasteiger partial charge in [-0.1, -0.05) is 23.2 Å². The topological polar surface area (TPSA) is 15.3 Å². The van der Waals surface area contributed by atoms with Crippen molar-refractivity contribution in [2.45, 2.75) is 19.8 Å². The molecule has 1 aliphatic rings. The van der Waals surface area contributed by atoms with Crippen molar-refractivity contribution in [3.63, 3.8) is 0 Å². The minimum Gasteiger partial charge on any atom is -0.384 e. The molecule has 1 fully saturated rings. The number of rotatable bonds is 3. The lowest BCUT2D eigenvalue weighted by Crippen LogP contribution is -2.32. The van der Waals surface area contributed by atoms with Gasteiger partial charge in [0, 0.05) is 11.6 Å². The van der Waals surface area contributed by atoms with Gasteiger partial charge in [-0.3, -0.25) is 0 Å². The quantitative estimate of drug-likeness (QED) is 0.902. The molecule has 100 valence electrons. The fraction of sp³-hybridized carbons (Fsp3) is 0.571. The second-order valence-corrected chi connectivity index (χ2v) is 6.02. The van der Waals surface area contributed by atoms with Gasteiger partial charge in [0.2, 0.25) is 0 Å². The number of hydrogen-bond donors (Lipinski definition) is 1. The molecule has 0 unspecified atom stereocenters. The summed E-state index contributed by atoms with van der Waals surface area (Å²) < 4.78 is 0. The third kappa shape index (κ3) is 3.53. The van der Waals surface area contributed by atoms with Crippen molar-refractivity contribution in [1.29, 1.82) is 0 Å². The summed E-state index contributed by atoms with van der Waals surface area (Å²) in [5, 5.41) is 4.95. The van der Waals surface area contributed by atoms with Crippen LogP contribution in [0.25, 0.3) is 0 Å². The number of halogens is 2. The number of hydrogen-bond acceptors (Lipinski definition) is 2. The lowest BCUT2D eigenvalue weighted by Gasteiger charge is -2.29. The number of nitrogens with zero attached hydrogens (tertiary/aromatic N) is 1. The van der Waals surface area contributed by atoms with E-state index in [0.717, 1.165) is 33.8 Å².